The number of benzene rings is 1. The molecule has 2 bridgehead atoms. The van der Waals surface area contributed by atoms with Crippen LogP contribution in [0.15, 0.2) is 41.0 Å². The van der Waals surface area contributed by atoms with Crippen molar-refractivity contribution in [1.82, 2.24) is 20.4 Å². The third-order valence-corrected chi connectivity index (χ3v) is 5.41. The predicted molar refractivity (Wildman–Crippen MR) is 98.6 cm³/mol. The van der Waals surface area contributed by atoms with E-state index < -0.39 is 0 Å². The molecular weight excluding hydrogens is 348 g/mol. The van der Waals surface area contributed by atoms with E-state index in [0.717, 1.165) is 35.2 Å². The zero-order valence-electron chi connectivity index (χ0n) is 14.8. The van der Waals surface area contributed by atoms with Crippen molar-refractivity contribution in [2.75, 3.05) is 13.6 Å². The Morgan fingerprint density at radius 2 is 2.22 bits per heavy atom. The zero-order chi connectivity index (χ0) is 19.0. The van der Waals surface area contributed by atoms with Crippen LogP contribution in [0, 0.1) is 0 Å². The Morgan fingerprint density at radius 3 is 2.89 bits per heavy atom. The lowest BCUT2D eigenvalue weighted by atomic mass is 10.00. The van der Waals surface area contributed by atoms with Gasteiger partial charge in [-0.1, -0.05) is 6.07 Å². The van der Waals surface area contributed by atoms with Crippen molar-refractivity contribution in [1.29, 1.82) is 0 Å². The molecule has 0 spiro atoms. The molecule has 0 aliphatic carbocycles. The highest BCUT2D eigenvalue weighted by molar-refractivity contribution is 6.09. The van der Waals surface area contributed by atoms with Crippen LogP contribution in [0.4, 0.5) is 0 Å². The minimum absolute atomic E-state index is 0.0919. The number of likely N-dealkylation sites (N-methyl/N-ethyl adjacent to an activating group) is 1. The number of likely N-dealkylation sites (tertiary alicyclic amines) is 1. The average Bonchev–Trinajstić information content (AvgIpc) is 3.44. The number of hydrogen-bond donors (Lipinski definition) is 3. The molecule has 5 rings (SSSR count). The largest absolute Gasteiger partial charge is 0.483 e. The van der Waals surface area contributed by atoms with Crippen LogP contribution in [0.3, 0.4) is 0 Å². The quantitative estimate of drug-likeness (QED) is 0.477. The average molecular weight is 368 g/mol. The maximum Gasteiger partial charge on any atom is 0.290 e. The van der Waals surface area contributed by atoms with E-state index >= 15 is 0 Å². The molecule has 8 heteroatoms. The second-order valence-electron chi connectivity index (χ2n) is 6.79. The maximum absolute atomic E-state index is 13.1. The van der Waals surface area contributed by atoms with Gasteiger partial charge >= 0.3 is 0 Å². The molecule has 3 atom stereocenters. The molecule has 2 aliphatic rings. The fraction of sp³-hybridized carbons (Fsp3) is 0.316. The van der Waals surface area contributed by atoms with Gasteiger partial charge in [0.2, 0.25) is 5.78 Å². The van der Waals surface area contributed by atoms with Crippen molar-refractivity contribution >= 4 is 23.2 Å². The van der Waals surface area contributed by atoms with Crippen LogP contribution in [0.25, 0.3) is 22.2 Å². The number of fused-ring (bicyclic) bond motifs is 3. The number of H-pyrrole nitrogens is 1. The summed E-state index contributed by atoms with van der Waals surface area (Å²) in [4.78, 5) is 23.6. The third-order valence-electron chi connectivity index (χ3n) is 5.41. The fourth-order valence-corrected chi connectivity index (χ4v) is 4.12. The number of aromatic nitrogens is 2. The number of carboxylic acid groups (broad SMARTS) is 1. The topological polar surface area (TPSA) is 111 Å². The molecule has 27 heavy (non-hydrogen) atoms. The number of rotatable bonds is 3. The standard InChI is InChI=1S/C18H18N4O2.CH2O2/c1-22-11-8-14(19-9-11)17(22)18(23)16-12-5-4-10(7-13(12)20-21-16)15-3-2-6-24-15;2-1-3/h2-7,11,14,17,19H,8-9H2,1H3,(H,20,21);1H,(H,2,3)/t11-,14+,17?;/m0./s1. The van der Waals surface area contributed by atoms with Gasteiger partial charge in [0.1, 0.15) is 11.5 Å². The zero-order valence-corrected chi connectivity index (χ0v) is 14.8. The lowest BCUT2D eigenvalue weighted by molar-refractivity contribution is -0.122. The van der Waals surface area contributed by atoms with E-state index in [1.165, 1.54) is 0 Å². The summed E-state index contributed by atoms with van der Waals surface area (Å²) >= 11 is 0. The summed E-state index contributed by atoms with van der Waals surface area (Å²) in [6.07, 6.45) is 2.69. The second-order valence-corrected chi connectivity index (χ2v) is 6.79. The van der Waals surface area contributed by atoms with Crippen molar-refractivity contribution < 1.29 is 19.1 Å². The van der Waals surface area contributed by atoms with E-state index in [1.807, 2.05) is 37.4 Å². The van der Waals surface area contributed by atoms with Crippen LogP contribution in [-0.2, 0) is 4.79 Å². The molecule has 2 fully saturated rings. The first-order valence-corrected chi connectivity index (χ1v) is 8.73. The molecule has 140 valence electrons. The van der Waals surface area contributed by atoms with Crippen LogP contribution in [0.1, 0.15) is 16.9 Å². The first-order valence-electron chi connectivity index (χ1n) is 8.73. The highest BCUT2D eigenvalue weighted by Gasteiger charge is 2.48. The number of nitrogens with zero attached hydrogens (tertiary/aromatic N) is 2. The molecule has 2 aliphatic heterocycles. The number of hydrogen-bond acceptors (Lipinski definition) is 6. The van der Waals surface area contributed by atoms with E-state index in [2.05, 4.69) is 20.4 Å². The van der Waals surface area contributed by atoms with Crippen LogP contribution in [0.2, 0.25) is 0 Å². The lowest BCUT2D eigenvalue weighted by Crippen LogP contribution is -2.53. The first-order chi connectivity index (χ1) is 13.1. The maximum atomic E-state index is 13.1. The summed E-state index contributed by atoms with van der Waals surface area (Å²) in [5.74, 6) is 0.894. The molecule has 1 unspecified atom stereocenters. The van der Waals surface area contributed by atoms with Crippen molar-refractivity contribution in [3.8, 4) is 11.3 Å². The van der Waals surface area contributed by atoms with E-state index in [0.29, 0.717) is 11.7 Å². The highest BCUT2D eigenvalue weighted by Crippen LogP contribution is 2.32. The molecule has 4 heterocycles. The lowest BCUT2D eigenvalue weighted by Gasteiger charge is -2.30. The third kappa shape index (κ3) is 2.92. The monoisotopic (exact) mass is 368 g/mol. The molecule has 0 amide bonds. The Kier molecular flexibility index (Phi) is 4.51. The van der Waals surface area contributed by atoms with Crippen molar-refractivity contribution in [3.63, 3.8) is 0 Å². The minimum Gasteiger partial charge on any atom is -0.483 e. The van der Waals surface area contributed by atoms with E-state index in [9.17, 15) is 4.79 Å². The molecule has 1 aromatic carbocycles. The van der Waals surface area contributed by atoms with Crippen LogP contribution < -0.4 is 5.32 Å². The summed E-state index contributed by atoms with van der Waals surface area (Å²) < 4.78 is 5.44. The van der Waals surface area contributed by atoms with Crippen molar-refractivity contribution in [2.45, 2.75) is 24.5 Å². The van der Waals surface area contributed by atoms with Gasteiger partial charge in [-0.05, 0) is 37.7 Å². The first kappa shape index (κ1) is 17.4. The Balaban J connectivity index is 0.000000565. The molecule has 8 nitrogen and oxygen atoms in total. The van der Waals surface area contributed by atoms with Gasteiger partial charge in [-0.25, -0.2) is 0 Å². The molecule has 0 radical (unpaired) electrons. The van der Waals surface area contributed by atoms with Gasteiger partial charge in [0.05, 0.1) is 17.8 Å². The smallest absolute Gasteiger partial charge is 0.290 e. The fourth-order valence-electron chi connectivity index (χ4n) is 4.12. The minimum atomic E-state index is -0.250. The SMILES string of the molecule is CN1C(C(=O)c2n[nH]c3cc(-c4ccco4)ccc23)[C@H]2C[C@H]1CN2.O=CO. The van der Waals surface area contributed by atoms with Gasteiger partial charge in [0.25, 0.3) is 6.47 Å². The number of ketones is 1. The normalized spacial score (nSPS) is 24.0. The molecule has 3 aromatic rings. The van der Waals surface area contributed by atoms with Crippen LogP contribution in [-0.4, -0.2) is 64.2 Å². The molecule has 0 saturated carbocycles. The number of nitrogens with one attached hydrogen (secondary N) is 2. The van der Waals surface area contributed by atoms with Gasteiger partial charge in [-0.2, -0.15) is 5.10 Å². The summed E-state index contributed by atoms with van der Waals surface area (Å²) in [5, 5.41) is 18.5. The number of furan rings is 1. The number of Topliss-reactive ketones (excluding diaryl/α,β-unsaturated/α-hetero) is 1. The predicted octanol–water partition coefficient (Wildman–Crippen LogP) is 1.75. The van der Waals surface area contributed by atoms with E-state index in [4.69, 9.17) is 14.3 Å². The highest BCUT2D eigenvalue weighted by atomic mass is 16.3. The molecule has 3 N–H and O–H groups in total. The van der Waals surface area contributed by atoms with E-state index in [1.54, 1.807) is 6.26 Å². The van der Waals surface area contributed by atoms with Crippen molar-refractivity contribution in [2.24, 2.45) is 0 Å². The van der Waals surface area contributed by atoms with Gasteiger partial charge < -0.3 is 14.8 Å². The number of carbonyl (C=O) groups excluding carboxylic acids is 1. The van der Waals surface area contributed by atoms with Crippen molar-refractivity contribution in [3.05, 3.63) is 42.3 Å². The molecule has 2 saturated heterocycles. The number of carbonyl (C=O) groups is 2. The van der Waals surface area contributed by atoms with Gasteiger partial charge in [0, 0.05) is 29.6 Å². The molecule has 2 aromatic heterocycles. The Morgan fingerprint density at radius 1 is 1.41 bits per heavy atom. The summed E-state index contributed by atoms with van der Waals surface area (Å²) in [5.41, 5.74) is 2.35. The Hall–Kier alpha value is -2.97. The Labute approximate surface area is 155 Å². The molecular formula is C19H20N4O4. The summed E-state index contributed by atoms with van der Waals surface area (Å²) in [6.45, 7) is 0.721. The number of piperazine rings is 1. The van der Waals surface area contributed by atoms with E-state index in [-0.39, 0.29) is 24.3 Å². The second kappa shape index (κ2) is 6.98. The van der Waals surface area contributed by atoms with Crippen LogP contribution >= 0.6 is 0 Å². The number of aromatic amines is 1. The Bertz CT molecular complexity index is 963. The van der Waals surface area contributed by atoms with Crippen LogP contribution in [0.5, 0.6) is 0 Å². The summed E-state index contributed by atoms with van der Waals surface area (Å²) in [6, 6.07) is 10.2. The summed E-state index contributed by atoms with van der Waals surface area (Å²) in [7, 11) is 2.04. The van der Waals surface area contributed by atoms with Gasteiger partial charge in [-0.15, -0.1) is 0 Å². The van der Waals surface area contributed by atoms with Gasteiger partial charge in [-0.3, -0.25) is 19.6 Å². The van der Waals surface area contributed by atoms with Gasteiger partial charge in [0.15, 0.2) is 0 Å².